The van der Waals surface area contributed by atoms with Crippen molar-refractivity contribution in [3.63, 3.8) is 0 Å². The number of ether oxygens (including phenoxy) is 2. The van der Waals surface area contributed by atoms with E-state index < -0.39 is 6.09 Å². The van der Waals surface area contributed by atoms with Gasteiger partial charge in [0.15, 0.2) is 0 Å². The van der Waals surface area contributed by atoms with Gasteiger partial charge in [-0.1, -0.05) is 0 Å². The van der Waals surface area contributed by atoms with Crippen LogP contribution in [-0.4, -0.2) is 57.9 Å². The zero-order valence-corrected chi connectivity index (χ0v) is 18.4. The minimum Gasteiger partial charge on any atom is -0.464 e. The molecule has 0 saturated carbocycles. The minimum atomic E-state index is -1.02. The van der Waals surface area contributed by atoms with Gasteiger partial charge in [-0.25, -0.2) is 4.79 Å². The maximum Gasteiger partial charge on any atom is 0.416 e. The Hall–Kier alpha value is -3.43. The molecular formula is C23H21N3O5S. The van der Waals surface area contributed by atoms with Crippen LogP contribution in [0.1, 0.15) is 21.8 Å². The van der Waals surface area contributed by atoms with Crippen LogP contribution in [0.5, 0.6) is 11.5 Å². The smallest absolute Gasteiger partial charge is 0.416 e. The van der Waals surface area contributed by atoms with Gasteiger partial charge in [0.2, 0.25) is 0 Å². The van der Waals surface area contributed by atoms with Gasteiger partial charge in [0, 0.05) is 43.5 Å². The van der Waals surface area contributed by atoms with Gasteiger partial charge in [-0.05, 0) is 43.7 Å². The number of rotatable bonds is 4. The van der Waals surface area contributed by atoms with Crippen molar-refractivity contribution in [3.8, 4) is 11.5 Å². The van der Waals surface area contributed by atoms with Crippen molar-refractivity contribution in [2.45, 2.75) is 19.4 Å². The lowest BCUT2D eigenvalue weighted by molar-refractivity contribution is 0.0728. The van der Waals surface area contributed by atoms with Gasteiger partial charge >= 0.3 is 6.09 Å². The average Bonchev–Trinajstić information content (AvgIpc) is 3.49. The van der Waals surface area contributed by atoms with E-state index >= 15 is 0 Å². The highest BCUT2D eigenvalue weighted by molar-refractivity contribution is 7.21. The summed E-state index contributed by atoms with van der Waals surface area (Å²) in [4.78, 5) is 31.3. The summed E-state index contributed by atoms with van der Waals surface area (Å²) in [6.07, 6.45) is 1.55. The first-order valence-electron chi connectivity index (χ1n) is 10.2. The summed E-state index contributed by atoms with van der Waals surface area (Å²) in [5.74, 6) is 1.16. The molecule has 0 radical (unpaired) electrons. The topological polar surface area (TPSA) is 93.9 Å². The molecule has 9 heteroatoms. The van der Waals surface area contributed by atoms with E-state index in [1.54, 1.807) is 44.5 Å². The molecule has 8 nitrogen and oxygen atoms in total. The number of aryl methyl sites for hydroxylation is 1. The quantitative estimate of drug-likeness (QED) is 0.482. The Morgan fingerprint density at radius 2 is 2.06 bits per heavy atom. The fourth-order valence-corrected chi connectivity index (χ4v) is 5.17. The van der Waals surface area contributed by atoms with Crippen LogP contribution in [0.25, 0.3) is 21.1 Å². The lowest BCUT2D eigenvalue weighted by Gasteiger charge is -2.14. The van der Waals surface area contributed by atoms with Crippen LogP contribution in [0.2, 0.25) is 0 Å². The molecule has 5 rings (SSSR count). The van der Waals surface area contributed by atoms with Gasteiger partial charge in [0.05, 0.1) is 26.7 Å². The molecule has 4 heterocycles. The normalized spacial score (nSPS) is 16.2. The molecule has 1 aliphatic rings. The Kier molecular flexibility index (Phi) is 5.07. The molecule has 1 aliphatic heterocycles. The number of carbonyl (C=O) groups is 2. The summed E-state index contributed by atoms with van der Waals surface area (Å²) in [7, 11) is 1.67. The molecule has 0 aliphatic carbocycles. The van der Waals surface area contributed by atoms with Gasteiger partial charge < -0.3 is 19.5 Å². The highest BCUT2D eigenvalue weighted by atomic mass is 32.1. The molecule has 4 aromatic rings. The van der Waals surface area contributed by atoms with Crippen LogP contribution < -0.4 is 4.74 Å². The minimum absolute atomic E-state index is 0.0228. The maximum atomic E-state index is 12.9. The molecule has 0 spiro atoms. The van der Waals surface area contributed by atoms with Crippen molar-refractivity contribution in [3.05, 3.63) is 53.2 Å². The number of nitrogens with zero attached hydrogens (tertiary/aromatic N) is 3. The third-order valence-electron chi connectivity index (χ3n) is 5.73. The Morgan fingerprint density at radius 3 is 2.81 bits per heavy atom. The first-order chi connectivity index (χ1) is 15.4. The highest BCUT2D eigenvalue weighted by Gasteiger charge is 2.28. The third-order valence-corrected chi connectivity index (χ3v) is 6.86. The van der Waals surface area contributed by atoms with E-state index in [0.717, 1.165) is 16.5 Å². The number of fused-ring (bicyclic) bond motifs is 2. The Labute approximate surface area is 187 Å². The van der Waals surface area contributed by atoms with Crippen LogP contribution >= 0.6 is 11.3 Å². The highest BCUT2D eigenvalue weighted by Crippen LogP contribution is 2.36. The standard InChI is InChI=1S/C23H21N3O5S/c1-13-9-14-10-15(3-4-18(14)26(13)23(28)29)31-19-5-7-24-17-11-20(32-21(17)19)22(27)25-8-6-16(12-25)30-2/h3-5,7,9-11,16H,6,8,12H2,1-2H3,(H,28,29)/t16-/m1/s1. The Balaban J connectivity index is 1.45. The SMILES string of the molecule is CO[C@@H]1CCN(C(=O)c2cc3nccc(Oc4ccc5c(c4)cc(C)n5C(=O)O)c3s2)C1. The first kappa shape index (κ1) is 20.5. The summed E-state index contributed by atoms with van der Waals surface area (Å²) in [5, 5.41) is 10.2. The van der Waals surface area contributed by atoms with E-state index in [1.807, 2.05) is 17.0 Å². The van der Waals surface area contributed by atoms with Crippen LogP contribution in [0, 0.1) is 6.92 Å². The summed E-state index contributed by atoms with van der Waals surface area (Å²) < 4.78 is 13.5. The molecule has 1 aromatic carbocycles. The van der Waals surface area contributed by atoms with Gasteiger partial charge in [-0.3, -0.25) is 14.3 Å². The predicted octanol–water partition coefficient (Wildman–Crippen LogP) is 4.74. The molecule has 0 unspecified atom stereocenters. The molecule has 3 aromatic heterocycles. The molecule has 164 valence electrons. The molecule has 1 atom stereocenters. The van der Waals surface area contributed by atoms with Crippen molar-refractivity contribution in [2.75, 3.05) is 20.2 Å². The molecule has 1 fully saturated rings. The molecule has 1 saturated heterocycles. The monoisotopic (exact) mass is 451 g/mol. The van der Waals surface area contributed by atoms with Crippen molar-refractivity contribution in [2.24, 2.45) is 0 Å². The predicted molar refractivity (Wildman–Crippen MR) is 121 cm³/mol. The van der Waals surface area contributed by atoms with Crippen LogP contribution in [0.3, 0.4) is 0 Å². The van der Waals surface area contributed by atoms with Gasteiger partial charge in [-0.2, -0.15) is 0 Å². The average molecular weight is 452 g/mol. The van der Waals surface area contributed by atoms with E-state index in [-0.39, 0.29) is 12.0 Å². The van der Waals surface area contributed by atoms with Gasteiger partial charge in [0.1, 0.15) is 11.5 Å². The summed E-state index contributed by atoms with van der Waals surface area (Å²) in [6, 6.07) is 10.7. The summed E-state index contributed by atoms with van der Waals surface area (Å²) in [6.45, 7) is 3.02. The van der Waals surface area contributed by atoms with Crippen molar-refractivity contribution >= 4 is 44.5 Å². The van der Waals surface area contributed by atoms with Crippen molar-refractivity contribution in [1.29, 1.82) is 0 Å². The van der Waals surface area contributed by atoms with Crippen molar-refractivity contribution < 1.29 is 24.2 Å². The van der Waals surface area contributed by atoms with Gasteiger partial charge in [0.25, 0.3) is 5.91 Å². The van der Waals surface area contributed by atoms with Crippen LogP contribution in [-0.2, 0) is 4.74 Å². The Morgan fingerprint density at radius 1 is 1.22 bits per heavy atom. The molecule has 32 heavy (non-hydrogen) atoms. The molecular weight excluding hydrogens is 430 g/mol. The van der Waals surface area contributed by atoms with Crippen LogP contribution in [0.4, 0.5) is 4.79 Å². The summed E-state index contributed by atoms with van der Waals surface area (Å²) in [5.41, 5.74) is 1.94. The number of methoxy groups -OCH3 is 1. The molecule has 1 amide bonds. The second-order valence-corrected chi connectivity index (χ2v) is 8.81. The van der Waals surface area contributed by atoms with Crippen molar-refractivity contribution in [1.82, 2.24) is 14.5 Å². The Bertz CT molecular complexity index is 1360. The number of hydrogen-bond acceptors (Lipinski definition) is 6. The fraction of sp³-hybridized carbons (Fsp3) is 0.261. The molecule has 1 N–H and O–H groups in total. The third kappa shape index (κ3) is 3.49. The number of benzene rings is 1. The summed E-state index contributed by atoms with van der Waals surface area (Å²) >= 11 is 1.36. The lowest BCUT2D eigenvalue weighted by atomic mass is 10.2. The van der Waals surface area contributed by atoms with E-state index in [1.165, 1.54) is 15.9 Å². The largest absolute Gasteiger partial charge is 0.464 e. The number of pyridine rings is 1. The second-order valence-electron chi connectivity index (χ2n) is 7.76. The maximum absolute atomic E-state index is 12.9. The number of carbonyl (C=O) groups excluding carboxylic acids is 1. The lowest BCUT2D eigenvalue weighted by Crippen LogP contribution is -2.29. The number of carboxylic acid groups (broad SMARTS) is 1. The zero-order valence-electron chi connectivity index (χ0n) is 17.6. The van der Waals surface area contributed by atoms with E-state index in [4.69, 9.17) is 9.47 Å². The first-order valence-corrected chi connectivity index (χ1v) is 11.0. The number of aromatic nitrogens is 2. The van der Waals surface area contributed by atoms with Gasteiger partial charge in [-0.15, -0.1) is 11.3 Å². The fourth-order valence-electron chi connectivity index (χ4n) is 4.14. The van der Waals surface area contributed by atoms with Crippen LogP contribution in [0.15, 0.2) is 42.6 Å². The van der Waals surface area contributed by atoms with E-state index in [9.17, 15) is 14.7 Å². The number of thiophene rings is 1. The number of likely N-dealkylation sites (tertiary alicyclic amines) is 1. The van der Waals surface area contributed by atoms with E-state index in [0.29, 0.717) is 46.2 Å². The van der Waals surface area contributed by atoms with E-state index in [2.05, 4.69) is 4.98 Å². The molecule has 0 bridgehead atoms. The zero-order chi connectivity index (χ0) is 22.4. The number of amides is 1. The second kappa shape index (κ2) is 7.92. The number of hydrogen-bond donors (Lipinski definition) is 1.